The first-order valence-electron chi connectivity index (χ1n) is 6.53. The maximum absolute atomic E-state index is 11.8. The van der Waals surface area contributed by atoms with Crippen LogP contribution in [0.5, 0.6) is 0 Å². The molecule has 2 aliphatic rings. The predicted molar refractivity (Wildman–Crippen MR) is 74.7 cm³/mol. The first kappa shape index (κ1) is 12.7. The van der Waals surface area contributed by atoms with E-state index >= 15 is 0 Å². The third kappa shape index (κ3) is 2.40. The summed E-state index contributed by atoms with van der Waals surface area (Å²) < 4.78 is 8.88. The molecule has 0 amide bonds. The lowest BCUT2D eigenvalue weighted by Crippen LogP contribution is -2.47. The second-order valence-electron chi connectivity index (χ2n) is 4.99. The summed E-state index contributed by atoms with van der Waals surface area (Å²) >= 11 is 1.28. The Kier molecular flexibility index (Phi) is 3.32. The highest BCUT2D eigenvalue weighted by Gasteiger charge is 2.33. The number of methoxy groups -OCH3 is 1. The molecule has 1 aromatic rings. The van der Waals surface area contributed by atoms with Crippen molar-refractivity contribution in [2.45, 2.75) is 18.9 Å². The van der Waals surface area contributed by atoms with Crippen LogP contribution in [-0.4, -0.2) is 54.6 Å². The van der Waals surface area contributed by atoms with Crippen LogP contribution in [0.3, 0.4) is 0 Å². The van der Waals surface area contributed by atoms with Crippen molar-refractivity contribution in [1.82, 2.24) is 9.27 Å². The molecule has 104 valence electrons. The molecule has 0 spiro atoms. The smallest absolute Gasteiger partial charge is 0.344 e. The van der Waals surface area contributed by atoms with Gasteiger partial charge in [0.25, 0.3) is 0 Å². The molecule has 0 unspecified atom stereocenters. The second-order valence-corrected chi connectivity index (χ2v) is 5.75. The van der Waals surface area contributed by atoms with Crippen LogP contribution in [0.4, 0.5) is 10.8 Å². The Morgan fingerprint density at radius 2 is 2.05 bits per heavy atom. The second kappa shape index (κ2) is 4.97. The summed E-state index contributed by atoms with van der Waals surface area (Å²) in [5.74, 6) is -0.123. The van der Waals surface area contributed by atoms with Crippen LogP contribution in [-0.2, 0) is 4.74 Å². The van der Waals surface area contributed by atoms with Gasteiger partial charge in [-0.1, -0.05) is 0 Å². The lowest BCUT2D eigenvalue weighted by atomic mass is 10.2. The molecule has 0 bridgehead atoms. The number of nitrogens with two attached hydrogens (primary N) is 1. The predicted octanol–water partition coefficient (Wildman–Crippen LogP) is 0.796. The van der Waals surface area contributed by atoms with Crippen LogP contribution in [0.1, 0.15) is 23.2 Å². The van der Waals surface area contributed by atoms with Crippen LogP contribution in [0.15, 0.2) is 0 Å². The minimum Gasteiger partial charge on any atom is -0.465 e. The fourth-order valence-electron chi connectivity index (χ4n) is 2.53. The Morgan fingerprint density at radius 3 is 2.63 bits per heavy atom. The van der Waals surface area contributed by atoms with Crippen molar-refractivity contribution in [2.24, 2.45) is 0 Å². The van der Waals surface area contributed by atoms with E-state index in [4.69, 9.17) is 10.5 Å². The third-order valence-corrected chi connectivity index (χ3v) is 4.68. The quantitative estimate of drug-likeness (QED) is 0.827. The molecule has 1 aliphatic carbocycles. The first-order chi connectivity index (χ1) is 9.20. The Morgan fingerprint density at radius 1 is 1.37 bits per heavy atom. The molecular formula is C12H18N4O2S. The van der Waals surface area contributed by atoms with Gasteiger partial charge in [-0.25, -0.2) is 4.79 Å². The van der Waals surface area contributed by atoms with E-state index in [9.17, 15) is 4.79 Å². The van der Waals surface area contributed by atoms with Crippen molar-refractivity contribution < 1.29 is 9.53 Å². The number of hydrogen-bond acceptors (Lipinski definition) is 7. The van der Waals surface area contributed by atoms with Gasteiger partial charge in [0.1, 0.15) is 10.6 Å². The fourth-order valence-corrected chi connectivity index (χ4v) is 3.39. The number of nitrogen functional groups attached to an aromatic ring is 1. The van der Waals surface area contributed by atoms with E-state index in [0.717, 1.165) is 37.2 Å². The Balaban J connectivity index is 1.74. The van der Waals surface area contributed by atoms with Crippen molar-refractivity contribution in [3.8, 4) is 0 Å². The van der Waals surface area contributed by atoms with Crippen molar-refractivity contribution in [1.29, 1.82) is 0 Å². The zero-order valence-corrected chi connectivity index (χ0v) is 11.8. The summed E-state index contributed by atoms with van der Waals surface area (Å²) in [4.78, 5) is 16.5. The normalized spacial score (nSPS) is 20.6. The summed E-state index contributed by atoms with van der Waals surface area (Å²) in [7, 11) is 1.37. The van der Waals surface area contributed by atoms with Crippen LogP contribution in [0.25, 0.3) is 0 Å². The average Bonchev–Trinajstić information content (AvgIpc) is 3.21. The summed E-state index contributed by atoms with van der Waals surface area (Å²) in [6.07, 6.45) is 2.67. The highest BCUT2D eigenvalue weighted by molar-refractivity contribution is 7.11. The molecule has 7 heteroatoms. The molecule has 1 saturated heterocycles. The topological polar surface area (TPSA) is 71.7 Å². The Bertz CT molecular complexity index is 478. The average molecular weight is 282 g/mol. The van der Waals surface area contributed by atoms with Crippen LogP contribution in [0.2, 0.25) is 0 Å². The van der Waals surface area contributed by atoms with E-state index in [-0.39, 0.29) is 5.82 Å². The molecule has 19 heavy (non-hydrogen) atoms. The monoisotopic (exact) mass is 282 g/mol. The van der Waals surface area contributed by atoms with Crippen LogP contribution < -0.4 is 10.6 Å². The molecule has 3 rings (SSSR count). The van der Waals surface area contributed by atoms with Crippen molar-refractivity contribution in [2.75, 3.05) is 43.9 Å². The van der Waals surface area contributed by atoms with Gasteiger partial charge in [0, 0.05) is 32.2 Å². The van der Waals surface area contributed by atoms with Gasteiger partial charge in [-0.15, -0.1) is 0 Å². The first-order valence-corrected chi connectivity index (χ1v) is 7.30. The lowest BCUT2D eigenvalue weighted by Gasteiger charge is -2.35. The number of anilines is 2. The highest BCUT2D eigenvalue weighted by atomic mass is 32.1. The number of carbonyl (C=O) groups is 1. The number of piperazine rings is 1. The van der Waals surface area contributed by atoms with E-state index in [0.29, 0.717) is 5.56 Å². The molecule has 0 atom stereocenters. The number of esters is 1. The fraction of sp³-hybridized carbons (Fsp3) is 0.667. The molecule has 2 heterocycles. The van der Waals surface area contributed by atoms with E-state index in [2.05, 4.69) is 14.2 Å². The Hall–Kier alpha value is -1.34. The van der Waals surface area contributed by atoms with Crippen LogP contribution >= 0.6 is 11.5 Å². The SMILES string of the molecule is COC(=O)c1c(N)nsc1N1CCN(C2CC2)CC1. The number of aromatic nitrogens is 1. The van der Waals surface area contributed by atoms with E-state index in [1.54, 1.807) is 0 Å². The van der Waals surface area contributed by atoms with E-state index < -0.39 is 5.97 Å². The molecular weight excluding hydrogens is 264 g/mol. The minimum absolute atomic E-state index is 0.275. The van der Waals surface area contributed by atoms with Gasteiger partial charge >= 0.3 is 5.97 Å². The largest absolute Gasteiger partial charge is 0.465 e. The van der Waals surface area contributed by atoms with Crippen molar-refractivity contribution in [3.05, 3.63) is 5.56 Å². The number of carbonyl (C=O) groups excluding carboxylic acids is 1. The van der Waals surface area contributed by atoms with Crippen LogP contribution in [0, 0.1) is 0 Å². The lowest BCUT2D eigenvalue weighted by molar-refractivity contribution is 0.0603. The molecule has 2 fully saturated rings. The molecule has 1 aromatic heterocycles. The number of nitrogens with zero attached hydrogens (tertiary/aromatic N) is 3. The third-order valence-electron chi connectivity index (χ3n) is 3.75. The zero-order valence-electron chi connectivity index (χ0n) is 11.0. The standard InChI is InChI=1S/C12H18N4O2S/c1-18-12(17)9-10(13)14-19-11(9)16-6-4-15(5-7-16)8-2-3-8/h8H,2-7H2,1H3,(H2,13,14). The van der Waals surface area contributed by atoms with Crippen molar-refractivity contribution in [3.63, 3.8) is 0 Å². The molecule has 0 aromatic carbocycles. The van der Waals surface area contributed by atoms with Gasteiger partial charge in [0.15, 0.2) is 5.82 Å². The molecule has 0 radical (unpaired) electrons. The van der Waals surface area contributed by atoms with Gasteiger partial charge in [-0.3, -0.25) is 4.90 Å². The maximum atomic E-state index is 11.8. The minimum atomic E-state index is -0.397. The van der Waals surface area contributed by atoms with E-state index in [1.807, 2.05) is 0 Å². The van der Waals surface area contributed by atoms with Gasteiger partial charge in [0.05, 0.1) is 7.11 Å². The number of hydrogen-bond donors (Lipinski definition) is 1. The molecule has 6 nitrogen and oxygen atoms in total. The van der Waals surface area contributed by atoms with Gasteiger partial charge in [0.2, 0.25) is 0 Å². The summed E-state index contributed by atoms with van der Waals surface area (Å²) in [6.45, 7) is 3.93. The summed E-state index contributed by atoms with van der Waals surface area (Å²) in [5, 5.41) is 0.847. The summed E-state index contributed by atoms with van der Waals surface area (Å²) in [6, 6.07) is 0.800. The van der Waals surface area contributed by atoms with E-state index in [1.165, 1.54) is 31.5 Å². The number of rotatable bonds is 3. The van der Waals surface area contributed by atoms with Gasteiger partial charge < -0.3 is 15.4 Å². The van der Waals surface area contributed by atoms with Gasteiger partial charge in [-0.05, 0) is 24.4 Å². The maximum Gasteiger partial charge on any atom is 0.344 e. The Labute approximate surface area is 116 Å². The molecule has 2 N–H and O–H groups in total. The molecule has 1 saturated carbocycles. The van der Waals surface area contributed by atoms with Crippen molar-refractivity contribution >= 4 is 28.3 Å². The summed E-state index contributed by atoms with van der Waals surface area (Å²) in [5.41, 5.74) is 6.19. The highest BCUT2D eigenvalue weighted by Crippen LogP contribution is 2.33. The van der Waals surface area contributed by atoms with Gasteiger partial charge in [-0.2, -0.15) is 4.37 Å². The number of ether oxygens (including phenoxy) is 1. The molecule has 1 aliphatic heterocycles. The zero-order chi connectivity index (χ0) is 13.4.